The van der Waals surface area contributed by atoms with Gasteiger partial charge in [0.15, 0.2) is 0 Å². The Hall–Kier alpha value is -2.28. The van der Waals surface area contributed by atoms with E-state index in [-0.39, 0.29) is 11.9 Å². The molecule has 0 saturated heterocycles. The second-order valence-corrected chi connectivity index (χ2v) is 7.64. The highest BCUT2D eigenvalue weighted by Gasteiger charge is 2.13. The van der Waals surface area contributed by atoms with Gasteiger partial charge in [0.2, 0.25) is 10.0 Å². The lowest BCUT2D eigenvalue weighted by molar-refractivity contribution is 0.0938. The lowest BCUT2D eigenvalue weighted by Crippen LogP contribution is -2.33. The number of furan rings is 1. The van der Waals surface area contributed by atoms with Gasteiger partial charge in [0, 0.05) is 18.0 Å². The average molecular weight is 350 g/mol. The fraction of sp³-hybridized carbons (Fsp3) is 0.353. The van der Waals surface area contributed by atoms with Crippen LogP contribution in [0, 0.1) is 6.92 Å². The molecule has 2 N–H and O–H groups in total. The normalized spacial score (nSPS) is 12.6. The van der Waals surface area contributed by atoms with Crippen LogP contribution in [0.4, 0.5) is 5.69 Å². The summed E-state index contributed by atoms with van der Waals surface area (Å²) < 4.78 is 30.5. The lowest BCUT2D eigenvalue weighted by Gasteiger charge is -2.15. The van der Waals surface area contributed by atoms with E-state index in [0.717, 1.165) is 30.4 Å². The molecule has 7 heteroatoms. The molecule has 0 bridgehead atoms. The van der Waals surface area contributed by atoms with Gasteiger partial charge in [-0.25, -0.2) is 8.42 Å². The smallest absolute Gasteiger partial charge is 0.251 e. The SMILES string of the molecule is Cc1ccc(C(=O)N[C@H](C)CCc2ccco2)cc1NS(C)(=O)=O. The molecule has 6 nitrogen and oxygen atoms in total. The van der Waals surface area contributed by atoms with E-state index in [1.807, 2.05) is 19.1 Å². The maximum atomic E-state index is 12.3. The van der Waals surface area contributed by atoms with Crippen molar-refractivity contribution in [2.24, 2.45) is 0 Å². The van der Waals surface area contributed by atoms with E-state index in [4.69, 9.17) is 4.42 Å². The zero-order chi connectivity index (χ0) is 17.7. The van der Waals surface area contributed by atoms with E-state index < -0.39 is 10.0 Å². The standard InChI is InChI=1S/C17H22N2O4S/c1-12-6-8-14(11-16(12)19-24(3,21)22)17(20)18-13(2)7-9-15-5-4-10-23-15/h4-6,8,10-11,13,19H,7,9H2,1-3H3,(H,18,20)/t13-/m1/s1. The predicted octanol–water partition coefficient (Wildman–Crippen LogP) is 2.71. The van der Waals surface area contributed by atoms with Gasteiger partial charge in [-0.3, -0.25) is 9.52 Å². The summed E-state index contributed by atoms with van der Waals surface area (Å²) in [5.41, 5.74) is 1.58. The van der Waals surface area contributed by atoms with Gasteiger partial charge in [0.25, 0.3) is 5.91 Å². The Kier molecular flexibility index (Phi) is 5.66. The largest absolute Gasteiger partial charge is 0.469 e. The van der Waals surface area contributed by atoms with E-state index in [0.29, 0.717) is 11.3 Å². The zero-order valence-electron chi connectivity index (χ0n) is 14.0. The first-order valence-corrected chi connectivity index (χ1v) is 9.55. The van der Waals surface area contributed by atoms with Gasteiger partial charge in [-0.1, -0.05) is 6.07 Å². The van der Waals surface area contributed by atoms with Crippen LogP contribution >= 0.6 is 0 Å². The van der Waals surface area contributed by atoms with Crippen LogP contribution in [0.5, 0.6) is 0 Å². The molecule has 0 radical (unpaired) electrons. The third-order valence-electron chi connectivity index (χ3n) is 3.58. The maximum absolute atomic E-state index is 12.3. The van der Waals surface area contributed by atoms with Crippen LogP contribution in [0.15, 0.2) is 41.0 Å². The number of hydrogen-bond acceptors (Lipinski definition) is 4. The molecule has 0 saturated carbocycles. The Bertz CT molecular complexity index is 798. The molecule has 1 aromatic carbocycles. The van der Waals surface area contributed by atoms with Gasteiger partial charge in [-0.05, 0) is 50.1 Å². The number of sulfonamides is 1. The van der Waals surface area contributed by atoms with Crippen LogP contribution in [0.1, 0.15) is 35.0 Å². The van der Waals surface area contributed by atoms with Gasteiger partial charge < -0.3 is 9.73 Å². The van der Waals surface area contributed by atoms with Crippen molar-refractivity contribution < 1.29 is 17.6 Å². The van der Waals surface area contributed by atoms with Crippen LogP contribution in [-0.4, -0.2) is 26.6 Å². The monoisotopic (exact) mass is 350 g/mol. The van der Waals surface area contributed by atoms with E-state index >= 15 is 0 Å². The second kappa shape index (κ2) is 7.53. The van der Waals surface area contributed by atoms with E-state index in [1.54, 1.807) is 31.4 Å². The topological polar surface area (TPSA) is 88.4 Å². The number of amides is 1. The number of rotatable bonds is 7. The fourth-order valence-electron chi connectivity index (χ4n) is 2.27. The first kappa shape index (κ1) is 18.1. The molecular formula is C17H22N2O4S. The highest BCUT2D eigenvalue weighted by molar-refractivity contribution is 7.92. The molecule has 0 spiro atoms. The first-order valence-electron chi connectivity index (χ1n) is 7.66. The molecule has 130 valence electrons. The molecule has 0 fully saturated rings. The molecule has 1 heterocycles. The number of carbonyl (C=O) groups is 1. The summed E-state index contributed by atoms with van der Waals surface area (Å²) in [5.74, 6) is 0.643. The molecule has 0 aliphatic rings. The van der Waals surface area contributed by atoms with E-state index in [1.165, 1.54) is 0 Å². The maximum Gasteiger partial charge on any atom is 0.251 e. The summed E-state index contributed by atoms with van der Waals surface area (Å²) in [4.78, 5) is 12.3. The molecule has 0 unspecified atom stereocenters. The van der Waals surface area contributed by atoms with Crippen molar-refractivity contribution in [1.82, 2.24) is 5.32 Å². The van der Waals surface area contributed by atoms with Crippen molar-refractivity contribution in [3.8, 4) is 0 Å². The molecular weight excluding hydrogens is 328 g/mol. The number of anilines is 1. The van der Waals surface area contributed by atoms with Gasteiger partial charge in [0.05, 0.1) is 18.2 Å². The number of carbonyl (C=O) groups excluding carboxylic acids is 1. The van der Waals surface area contributed by atoms with Gasteiger partial charge in [0.1, 0.15) is 5.76 Å². The van der Waals surface area contributed by atoms with E-state index in [9.17, 15) is 13.2 Å². The summed E-state index contributed by atoms with van der Waals surface area (Å²) in [6, 6.07) is 8.65. The van der Waals surface area contributed by atoms with Crippen molar-refractivity contribution in [3.63, 3.8) is 0 Å². The zero-order valence-corrected chi connectivity index (χ0v) is 14.8. The van der Waals surface area contributed by atoms with Crippen molar-refractivity contribution in [2.45, 2.75) is 32.7 Å². The minimum Gasteiger partial charge on any atom is -0.469 e. The third-order valence-corrected chi connectivity index (χ3v) is 4.17. The van der Waals surface area contributed by atoms with Gasteiger partial charge in [-0.15, -0.1) is 0 Å². The minimum absolute atomic E-state index is 0.0322. The number of benzene rings is 1. The quantitative estimate of drug-likeness (QED) is 0.803. The second-order valence-electron chi connectivity index (χ2n) is 5.90. The number of aryl methyl sites for hydroxylation is 2. The highest BCUT2D eigenvalue weighted by atomic mass is 32.2. The minimum atomic E-state index is -3.39. The van der Waals surface area contributed by atoms with Crippen molar-refractivity contribution in [3.05, 3.63) is 53.5 Å². The predicted molar refractivity (Wildman–Crippen MR) is 93.6 cm³/mol. The molecule has 2 rings (SSSR count). The average Bonchev–Trinajstić information content (AvgIpc) is 2.99. The van der Waals surface area contributed by atoms with Crippen molar-refractivity contribution in [2.75, 3.05) is 11.0 Å². The molecule has 1 atom stereocenters. The number of nitrogens with one attached hydrogen (secondary N) is 2. The Morgan fingerprint density at radius 1 is 1.29 bits per heavy atom. The van der Waals surface area contributed by atoms with Crippen LogP contribution < -0.4 is 10.0 Å². The summed E-state index contributed by atoms with van der Waals surface area (Å²) in [6.45, 7) is 3.70. The third kappa shape index (κ3) is 5.42. The molecule has 2 aromatic rings. The molecule has 1 aromatic heterocycles. The molecule has 1 amide bonds. The molecule has 24 heavy (non-hydrogen) atoms. The van der Waals surface area contributed by atoms with Crippen LogP contribution in [0.2, 0.25) is 0 Å². The summed E-state index contributed by atoms with van der Waals surface area (Å²) in [5, 5.41) is 2.91. The first-order chi connectivity index (χ1) is 11.2. The van der Waals surface area contributed by atoms with Crippen LogP contribution in [-0.2, 0) is 16.4 Å². The molecule has 0 aliphatic heterocycles. The van der Waals surface area contributed by atoms with E-state index in [2.05, 4.69) is 10.0 Å². The van der Waals surface area contributed by atoms with Crippen LogP contribution in [0.3, 0.4) is 0 Å². The Morgan fingerprint density at radius 3 is 2.67 bits per heavy atom. The Labute approximate surface area is 142 Å². The number of hydrogen-bond donors (Lipinski definition) is 2. The van der Waals surface area contributed by atoms with Gasteiger partial charge in [-0.2, -0.15) is 0 Å². The van der Waals surface area contributed by atoms with Gasteiger partial charge >= 0.3 is 0 Å². The molecule has 0 aliphatic carbocycles. The lowest BCUT2D eigenvalue weighted by atomic mass is 10.1. The van der Waals surface area contributed by atoms with Crippen LogP contribution in [0.25, 0.3) is 0 Å². The Balaban J connectivity index is 1.99. The summed E-state index contributed by atoms with van der Waals surface area (Å²) in [7, 11) is -3.39. The summed E-state index contributed by atoms with van der Waals surface area (Å²) >= 11 is 0. The highest BCUT2D eigenvalue weighted by Crippen LogP contribution is 2.18. The fourth-order valence-corrected chi connectivity index (χ4v) is 2.89. The Morgan fingerprint density at radius 2 is 2.04 bits per heavy atom. The van der Waals surface area contributed by atoms with Crippen molar-refractivity contribution in [1.29, 1.82) is 0 Å². The van der Waals surface area contributed by atoms with Crippen molar-refractivity contribution >= 4 is 21.6 Å². The summed E-state index contributed by atoms with van der Waals surface area (Å²) in [6.07, 6.45) is 4.19.